The first kappa shape index (κ1) is 15.4. The van der Waals surface area contributed by atoms with Crippen LogP contribution in [-0.4, -0.2) is 24.4 Å². The van der Waals surface area contributed by atoms with Gasteiger partial charge in [0.1, 0.15) is 0 Å². The van der Waals surface area contributed by atoms with Crippen LogP contribution in [-0.2, 0) is 6.42 Å². The third kappa shape index (κ3) is 3.99. The Hall–Kier alpha value is -2.00. The topological polar surface area (TPSA) is 46.3 Å². The van der Waals surface area contributed by atoms with Gasteiger partial charge in [0, 0.05) is 13.6 Å². The molecule has 0 bridgehead atoms. The molecule has 0 atom stereocenters. The van der Waals surface area contributed by atoms with Crippen molar-refractivity contribution in [2.24, 2.45) is 0 Å². The third-order valence-corrected chi connectivity index (χ3v) is 3.76. The first-order chi connectivity index (χ1) is 10.1. The first-order valence-corrected chi connectivity index (χ1v) is 7.31. The molecule has 0 aliphatic rings. The van der Waals surface area contributed by atoms with Gasteiger partial charge in [-0.25, -0.2) is 0 Å². The van der Waals surface area contributed by atoms with Crippen LogP contribution in [0.3, 0.4) is 0 Å². The Morgan fingerprint density at radius 2 is 1.86 bits per heavy atom. The fraction of sp³-hybridized carbons (Fsp3) is 0.235. The number of nitrogens with two attached hydrogens (primary N) is 1. The zero-order valence-electron chi connectivity index (χ0n) is 12.1. The molecule has 0 fully saturated rings. The second kappa shape index (κ2) is 7.14. The molecular formula is C17H19ClN2O. The number of carbonyl (C=O) groups is 1. The summed E-state index contributed by atoms with van der Waals surface area (Å²) < 4.78 is 0. The summed E-state index contributed by atoms with van der Waals surface area (Å²) in [5.41, 5.74) is 7.95. The Bertz CT molecular complexity index is 613. The molecule has 0 radical (unpaired) electrons. The van der Waals surface area contributed by atoms with Crippen molar-refractivity contribution in [2.45, 2.75) is 12.8 Å². The molecule has 2 aromatic carbocycles. The Labute approximate surface area is 130 Å². The third-order valence-electron chi connectivity index (χ3n) is 3.43. The van der Waals surface area contributed by atoms with Gasteiger partial charge >= 0.3 is 0 Å². The lowest BCUT2D eigenvalue weighted by atomic mass is 10.1. The van der Waals surface area contributed by atoms with Crippen molar-refractivity contribution in [1.29, 1.82) is 0 Å². The molecule has 0 spiro atoms. The maximum atomic E-state index is 12.3. The van der Waals surface area contributed by atoms with Gasteiger partial charge in [-0.15, -0.1) is 0 Å². The van der Waals surface area contributed by atoms with E-state index >= 15 is 0 Å². The van der Waals surface area contributed by atoms with Crippen LogP contribution in [0.5, 0.6) is 0 Å². The van der Waals surface area contributed by atoms with Gasteiger partial charge in [-0.05, 0) is 30.5 Å². The summed E-state index contributed by atoms with van der Waals surface area (Å²) in [5, 5.41) is 0.415. The average Bonchev–Trinajstić information content (AvgIpc) is 2.50. The standard InChI is InChI=1S/C17H19ClN2O/c1-20(12-6-9-13-7-3-2-4-8-13)17(21)14-10-5-11-15(18)16(14)19/h2-5,7-8,10-11H,6,9,12,19H2,1H3. The van der Waals surface area contributed by atoms with E-state index in [1.165, 1.54) is 5.56 Å². The molecule has 0 saturated carbocycles. The van der Waals surface area contributed by atoms with Gasteiger partial charge in [-0.3, -0.25) is 4.79 Å². The largest absolute Gasteiger partial charge is 0.397 e. The number of rotatable bonds is 5. The zero-order valence-corrected chi connectivity index (χ0v) is 12.8. The minimum atomic E-state index is -0.0944. The fourth-order valence-corrected chi connectivity index (χ4v) is 2.37. The summed E-state index contributed by atoms with van der Waals surface area (Å²) in [6.07, 6.45) is 1.86. The van der Waals surface area contributed by atoms with Gasteiger partial charge in [-0.2, -0.15) is 0 Å². The molecule has 110 valence electrons. The van der Waals surface area contributed by atoms with E-state index in [1.807, 2.05) is 18.2 Å². The van der Waals surface area contributed by atoms with E-state index in [0.29, 0.717) is 22.8 Å². The number of nitrogens with zero attached hydrogens (tertiary/aromatic N) is 1. The van der Waals surface area contributed by atoms with E-state index in [9.17, 15) is 4.79 Å². The molecule has 0 saturated heterocycles. The van der Waals surface area contributed by atoms with Gasteiger partial charge in [0.15, 0.2) is 0 Å². The van der Waals surface area contributed by atoms with Crippen LogP contribution >= 0.6 is 11.6 Å². The van der Waals surface area contributed by atoms with Gasteiger partial charge in [0.05, 0.1) is 16.3 Å². The molecular weight excluding hydrogens is 284 g/mol. The highest BCUT2D eigenvalue weighted by atomic mass is 35.5. The summed E-state index contributed by atoms with van der Waals surface area (Å²) in [7, 11) is 1.79. The second-order valence-electron chi connectivity index (χ2n) is 5.02. The van der Waals surface area contributed by atoms with Crippen molar-refractivity contribution >= 4 is 23.2 Å². The minimum absolute atomic E-state index is 0.0944. The van der Waals surface area contributed by atoms with E-state index in [1.54, 1.807) is 30.1 Å². The van der Waals surface area contributed by atoms with Gasteiger partial charge < -0.3 is 10.6 Å². The van der Waals surface area contributed by atoms with Gasteiger partial charge in [0.25, 0.3) is 5.91 Å². The quantitative estimate of drug-likeness (QED) is 0.857. The van der Waals surface area contributed by atoms with Crippen molar-refractivity contribution < 1.29 is 4.79 Å². The molecule has 2 aromatic rings. The SMILES string of the molecule is CN(CCCc1ccccc1)C(=O)c1cccc(Cl)c1N. The molecule has 2 N–H and O–H groups in total. The van der Waals surface area contributed by atoms with E-state index in [0.717, 1.165) is 12.8 Å². The summed E-state index contributed by atoms with van der Waals surface area (Å²) in [4.78, 5) is 14.0. The number of halogens is 1. The van der Waals surface area contributed by atoms with Crippen molar-refractivity contribution in [2.75, 3.05) is 19.3 Å². The summed E-state index contributed by atoms with van der Waals surface area (Å²) in [6.45, 7) is 0.680. The normalized spacial score (nSPS) is 10.4. The maximum Gasteiger partial charge on any atom is 0.255 e. The van der Waals surface area contributed by atoms with Crippen molar-refractivity contribution in [3.8, 4) is 0 Å². The van der Waals surface area contributed by atoms with Gasteiger partial charge in [-0.1, -0.05) is 48.0 Å². The first-order valence-electron chi connectivity index (χ1n) is 6.93. The predicted molar refractivity (Wildman–Crippen MR) is 87.6 cm³/mol. The van der Waals surface area contributed by atoms with E-state index < -0.39 is 0 Å². The zero-order chi connectivity index (χ0) is 15.2. The average molecular weight is 303 g/mol. The van der Waals surface area contributed by atoms with Gasteiger partial charge in [0.2, 0.25) is 0 Å². The highest BCUT2D eigenvalue weighted by molar-refractivity contribution is 6.33. The fourth-order valence-electron chi connectivity index (χ4n) is 2.20. The number of carbonyl (C=O) groups excluding carboxylic acids is 1. The molecule has 0 aliphatic heterocycles. The Kier molecular flexibility index (Phi) is 5.23. The number of hydrogen-bond acceptors (Lipinski definition) is 2. The van der Waals surface area contributed by atoms with Crippen molar-refractivity contribution in [3.05, 3.63) is 64.7 Å². The van der Waals surface area contributed by atoms with Crippen LogP contribution in [0.25, 0.3) is 0 Å². The second-order valence-corrected chi connectivity index (χ2v) is 5.42. The molecule has 0 aliphatic carbocycles. The van der Waals surface area contributed by atoms with Crippen molar-refractivity contribution in [1.82, 2.24) is 4.90 Å². The molecule has 4 heteroatoms. The summed E-state index contributed by atoms with van der Waals surface area (Å²) in [6, 6.07) is 15.4. The summed E-state index contributed by atoms with van der Waals surface area (Å²) in [5.74, 6) is -0.0944. The lowest BCUT2D eigenvalue weighted by Gasteiger charge is -2.18. The highest BCUT2D eigenvalue weighted by Crippen LogP contribution is 2.23. The molecule has 21 heavy (non-hydrogen) atoms. The Morgan fingerprint density at radius 1 is 1.14 bits per heavy atom. The molecule has 1 amide bonds. The van der Waals surface area contributed by atoms with E-state index in [4.69, 9.17) is 17.3 Å². The molecule has 3 nitrogen and oxygen atoms in total. The van der Waals surface area contributed by atoms with Crippen LogP contribution in [0.4, 0.5) is 5.69 Å². The van der Waals surface area contributed by atoms with Crippen LogP contribution in [0.15, 0.2) is 48.5 Å². The smallest absolute Gasteiger partial charge is 0.255 e. The summed E-state index contributed by atoms with van der Waals surface area (Å²) >= 11 is 5.95. The maximum absolute atomic E-state index is 12.3. The predicted octanol–water partition coefficient (Wildman–Crippen LogP) is 3.63. The number of hydrogen-bond donors (Lipinski definition) is 1. The minimum Gasteiger partial charge on any atom is -0.397 e. The molecule has 0 unspecified atom stereocenters. The Morgan fingerprint density at radius 3 is 2.57 bits per heavy atom. The molecule has 0 heterocycles. The number of aryl methyl sites for hydroxylation is 1. The van der Waals surface area contributed by atoms with Crippen molar-refractivity contribution in [3.63, 3.8) is 0 Å². The van der Waals surface area contributed by atoms with E-state index in [2.05, 4.69) is 12.1 Å². The van der Waals surface area contributed by atoms with Crippen LogP contribution in [0.1, 0.15) is 22.3 Å². The number of nitrogen functional groups attached to an aromatic ring is 1. The lowest BCUT2D eigenvalue weighted by molar-refractivity contribution is 0.0794. The molecule has 0 aromatic heterocycles. The van der Waals surface area contributed by atoms with Crippen LogP contribution < -0.4 is 5.73 Å². The number of para-hydroxylation sites is 1. The monoisotopic (exact) mass is 302 g/mol. The van der Waals surface area contributed by atoms with Crippen LogP contribution in [0.2, 0.25) is 5.02 Å². The Balaban J connectivity index is 1.92. The van der Waals surface area contributed by atoms with Crippen LogP contribution in [0, 0.1) is 0 Å². The lowest BCUT2D eigenvalue weighted by Crippen LogP contribution is -2.28. The highest BCUT2D eigenvalue weighted by Gasteiger charge is 2.15. The number of amides is 1. The van der Waals surface area contributed by atoms with E-state index in [-0.39, 0.29) is 5.91 Å². The number of benzene rings is 2. The molecule has 2 rings (SSSR count). The number of anilines is 1.